The zero-order chi connectivity index (χ0) is 19.0. The van der Waals surface area contributed by atoms with Crippen LogP contribution in [0.15, 0.2) is 12.1 Å². The van der Waals surface area contributed by atoms with E-state index in [1.807, 2.05) is 33.8 Å². The van der Waals surface area contributed by atoms with Crippen LogP contribution in [0, 0.1) is 6.92 Å². The molecule has 0 spiro atoms. The molecule has 0 saturated heterocycles. The van der Waals surface area contributed by atoms with Crippen molar-refractivity contribution in [3.05, 3.63) is 34.4 Å². The van der Waals surface area contributed by atoms with Gasteiger partial charge in [-0.1, -0.05) is 6.07 Å². The Labute approximate surface area is 148 Å². The van der Waals surface area contributed by atoms with Crippen molar-refractivity contribution in [2.45, 2.75) is 46.3 Å². The number of esters is 1. The third kappa shape index (κ3) is 6.72. The molecule has 25 heavy (non-hydrogen) atoms. The Morgan fingerprint density at radius 2 is 2.04 bits per heavy atom. The van der Waals surface area contributed by atoms with Gasteiger partial charge in [-0.3, -0.25) is 0 Å². The van der Waals surface area contributed by atoms with Gasteiger partial charge in [-0.15, -0.1) is 0 Å². The van der Waals surface area contributed by atoms with Gasteiger partial charge in [0.15, 0.2) is 0 Å². The minimum absolute atomic E-state index is 0.0972. The number of nitrogens with one attached hydrogen (secondary N) is 1. The molecule has 0 bridgehead atoms. The Morgan fingerprint density at radius 1 is 1.40 bits per heavy atom. The number of benzene rings is 1. The molecule has 7 heteroatoms. The van der Waals surface area contributed by atoms with Crippen LogP contribution in [0.3, 0.4) is 0 Å². The molecule has 1 aromatic rings. The largest absolute Gasteiger partial charge is 0.457 e. The quantitative estimate of drug-likeness (QED) is 0.711. The standard InChI is InChI=1S/C16H21NO4.C2H7NO/c1-10-11(5-6-12-13(10)9-20-14(12)18)7-8-17-15(19)21-16(2,3)4;3-1-2-4/h5-6H,7-9H2,1-4H3,(H,17,19);4H,1-3H2. The molecule has 0 fully saturated rings. The van der Waals surface area contributed by atoms with Crippen molar-refractivity contribution in [2.75, 3.05) is 19.7 Å². The number of cyclic esters (lactones) is 1. The summed E-state index contributed by atoms with van der Waals surface area (Å²) in [6.07, 6.45) is 0.270. The van der Waals surface area contributed by atoms with E-state index in [0.29, 0.717) is 31.7 Å². The summed E-state index contributed by atoms with van der Waals surface area (Å²) in [6, 6.07) is 3.71. The van der Waals surface area contributed by atoms with Crippen molar-refractivity contribution in [2.24, 2.45) is 5.73 Å². The van der Waals surface area contributed by atoms with Crippen LogP contribution in [-0.4, -0.2) is 42.5 Å². The van der Waals surface area contributed by atoms with Crippen LogP contribution < -0.4 is 11.1 Å². The molecular formula is C18H28N2O5. The van der Waals surface area contributed by atoms with Gasteiger partial charge in [0.1, 0.15) is 12.2 Å². The Kier molecular flexibility index (Phi) is 7.86. The number of hydrogen-bond donors (Lipinski definition) is 3. The third-order valence-electron chi connectivity index (χ3n) is 3.47. The number of rotatable bonds is 4. The maximum Gasteiger partial charge on any atom is 0.407 e. The first-order chi connectivity index (χ1) is 11.7. The predicted molar refractivity (Wildman–Crippen MR) is 94.4 cm³/mol. The zero-order valence-electron chi connectivity index (χ0n) is 15.3. The van der Waals surface area contributed by atoms with E-state index in [9.17, 15) is 9.59 Å². The number of ether oxygens (including phenoxy) is 2. The molecule has 1 aliphatic heterocycles. The van der Waals surface area contributed by atoms with Crippen LogP contribution in [0.2, 0.25) is 0 Å². The highest BCUT2D eigenvalue weighted by molar-refractivity contribution is 5.93. The van der Waals surface area contributed by atoms with Crippen LogP contribution in [0.5, 0.6) is 0 Å². The lowest BCUT2D eigenvalue weighted by atomic mass is 9.97. The van der Waals surface area contributed by atoms with E-state index in [-0.39, 0.29) is 12.6 Å². The molecule has 2 rings (SSSR count). The summed E-state index contributed by atoms with van der Waals surface area (Å²) in [5.41, 5.74) is 8.05. The van der Waals surface area contributed by atoms with Crippen LogP contribution in [0.25, 0.3) is 0 Å². The first kappa shape index (κ1) is 20.9. The van der Waals surface area contributed by atoms with Gasteiger partial charge in [-0.2, -0.15) is 0 Å². The van der Waals surface area contributed by atoms with Crippen molar-refractivity contribution in [3.8, 4) is 0 Å². The molecule has 0 unspecified atom stereocenters. The lowest BCUT2D eigenvalue weighted by Crippen LogP contribution is -2.33. The minimum Gasteiger partial charge on any atom is -0.457 e. The second-order valence-corrected chi connectivity index (χ2v) is 6.64. The number of amides is 1. The Bertz CT molecular complexity index is 606. The number of alkyl carbamates (subject to hydrolysis) is 1. The molecule has 1 heterocycles. The van der Waals surface area contributed by atoms with Gasteiger partial charge in [0.25, 0.3) is 0 Å². The van der Waals surface area contributed by atoms with Gasteiger partial charge in [0.2, 0.25) is 0 Å². The molecule has 4 N–H and O–H groups in total. The third-order valence-corrected chi connectivity index (χ3v) is 3.47. The van der Waals surface area contributed by atoms with Gasteiger partial charge in [-0.25, -0.2) is 9.59 Å². The molecule has 0 atom stereocenters. The SMILES string of the molecule is Cc1c(CCNC(=O)OC(C)(C)C)ccc2c1COC2=O.NCCO. The van der Waals surface area contributed by atoms with Crippen molar-refractivity contribution in [1.82, 2.24) is 5.32 Å². The second kappa shape index (κ2) is 9.39. The van der Waals surface area contributed by atoms with E-state index in [0.717, 1.165) is 16.7 Å². The Morgan fingerprint density at radius 3 is 2.60 bits per heavy atom. The fourth-order valence-corrected chi connectivity index (χ4v) is 2.28. The van der Waals surface area contributed by atoms with Crippen molar-refractivity contribution in [1.29, 1.82) is 0 Å². The van der Waals surface area contributed by atoms with Crippen LogP contribution >= 0.6 is 0 Å². The molecule has 0 saturated carbocycles. The molecule has 140 valence electrons. The van der Waals surface area contributed by atoms with Crippen LogP contribution in [0.1, 0.15) is 47.8 Å². The van der Waals surface area contributed by atoms with Crippen molar-refractivity contribution >= 4 is 12.1 Å². The summed E-state index contributed by atoms with van der Waals surface area (Å²) in [6.45, 7) is 8.76. The van der Waals surface area contributed by atoms with Gasteiger partial charge in [-0.05, 0) is 51.3 Å². The van der Waals surface area contributed by atoms with Gasteiger partial charge in [0, 0.05) is 18.7 Å². The lowest BCUT2D eigenvalue weighted by molar-refractivity contribution is 0.0520. The average molecular weight is 352 g/mol. The lowest BCUT2D eigenvalue weighted by Gasteiger charge is -2.19. The summed E-state index contributed by atoms with van der Waals surface area (Å²) < 4.78 is 10.2. The summed E-state index contributed by atoms with van der Waals surface area (Å²) in [5.74, 6) is -0.258. The highest BCUT2D eigenvalue weighted by Gasteiger charge is 2.23. The molecule has 7 nitrogen and oxygen atoms in total. The Balaban J connectivity index is 0.000000705. The molecule has 1 amide bonds. The van der Waals surface area contributed by atoms with Crippen LogP contribution in [0.4, 0.5) is 4.79 Å². The minimum atomic E-state index is -0.495. The van der Waals surface area contributed by atoms with Gasteiger partial charge < -0.3 is 25.6 Å². The topological polar surface area (TPSA) is 111 Å². The maximum atomic E-state index is 11.6. The van der Waals surface area contributed by atoms with E-state index in [1.54, 1.807) is 6.07 Å². The van der Waals surface area contributed by atoms with E-state index in [4.69, 9.17) is 20.3 Å². The zero-order valence-corrected chi connectivity index (χ0v) is 15.3. The normalized spacial score (nSPS) is 12.6. The fourth-order valence-electron chi connectivity index (χ4n) is 2.28. The Hall–Kier alpha value is -2.12. The van der Waals surface area contributed by atoms with E-state index in [2.05, 4.69) is 5.32 Å². The predicted octanol–water partition coefficient (Wildman–Crippen LogP) is 1.67. The fraction of sp³-hybridized carbons (Fsp3) is 0.556. The van der Waals surface area contributed by atoms with Crippen molar-refractivity contribution in [3.63, 3.8) is 0 Å². The van der Waals surface area contributed by atoms with Gasteiger partial charge >= 0.3 is 12.1 Å². The number of hydrogen-bond acceptors (Lipinski definition) is 6. The number of carbonyl (C=O) groups excluding carboxylic acids is 2. The van der Waals surface area contributed by atoms with Crippen molar-refractivity contribution < 1.29 is 24.2 Å². The average Bonchev–Trinajstić information content (AvgIpc) is 2.90. The molecular weight excluding hydrogens is 324 g/mol. The number of nitrogens with two attached hydrogens (primary N) is 1. The molecule has 1 aliphatic rings. The molecule has 0 radical (unpaired) electrons. The van der Waals surface area contributed by atoms with Crippen LogP contribution in [-0.2, 0) is 22.5 Å². The molecule has 0 aromatic heterocycles. The smallest absolute Gasteiger partial charge is 0.407 e. The van der Waals surface area contributed by atoms with Gasteiger partial charge in [0.05, 0.1) is 12.2 Å². The summed E-state index contributed by atoms with van der Waals surface area (Å²) in [5, 5.41) is 10.5. The highest BCUT2D eigenvalue weighted by atomic mass is 16.6. The monoisotopic (exact) mass is 352 g/mol. The van der Waals surface area contributed by atoms with E-state index >= 15 is 0 Å². The summed E-state index contributed by atoms with van der Waals surface area (Å²) >= 11 is 0. The number of carbonyl (C=O) groups is 2. The summed E-state index contributed by atoms with van der Waals surface area (Å²) in [7, 11) is 0. The molecule has 1 aromatic carbocycles. The highest BCUT2D eigenvalue weighted by Crippen LogP contribution is 2.25. The second-order valence-electron chi connectivity index (χ2n) is 6.64. The number of aliphatic hydroxyl groups is 1. The molecule has 0 aliphatic carbocycles. The van der Waals surface area contributed by atoms with E-state index < -0.39 is 11.7 Å². The number of aliphatic hydroxyl groups excluding tert-OH is 1. The van der Waals surface area contributed by atoms with E-state index in [1.165, 1.54) is 0 Å². The summed E-state index contributed by atoms with van der Waals surface area (Å²) in [4.78, 5) is 23.0. The number of fused-ring (bicyclic) bond motifs is 1. The first-order valence-electron chi connectivity index (χ1n) is 8.26. The first-order valence-corrected chi connectivity index (χ1v) is 8.26. The maximum absolute atomic E-state index is 11.6.